The second kappa shape index (κ2) is 5.56. The average Bonchev–Trinajstić information content (AvgIpc) is 2.91. The third-order valence-electron chi connectivity index (χ3n) is 3.46. The number of thiazole rings is 1. The van der Waals surface area contributed by atoms with Gasteiger partial charge in [0, 0.05) is 17.1 Å². The number of carboxylic acid groups (broad SMARTS) is 1. The molecule has 2 atom stereocenters. The van der Waals surface area contributed by atoms with Gasteiger partial charge in [0.15, 0.2) is 0 Å². The van der Waals surface area contributed by atoms with Crippen LogP contribution in [0.4, 0.5) is 0 Å². The van der Waals surface area contributed by atoms with Gasteiger partial charge in [-0.05, 0) is 19.8 Å². The Morgan fingerprint density at radius 2 is 2.26 bits per heavy atom. The standard InChI is InChI=1S/C12H16N2O4S/c1-7-6-19-12(18)14(7)5-10(15)13-9-4-2-3-8(9)11(16)17/h6,8-9H,2-5H2,1H3,(H,13,15)(H,16,17). The Morgan fingerprint density at radius 1 is 1.53 bits per heavy atom. The van der Waals surface area contributed by atoms with Crippen LogP contribution >= 0.6 is 11.3 Å². The zero-order valence-corrected chi connectivity index (χ0v) is 11.4. The molecule has 1 amide bonds. The van der Waals surface area contributed by atoms with Crippen LogP contribution in [0.1, 0.15) is 25.0 Å². The lowest BCUT2D eigenvalue weighted by Crippen LogP contribution is -2.42. The Balaban J connectivity index is 1.98. The lowest BCUT2D eigenvalue weighted by atomic mass is 10.0. The number of aliphatic carboxylic acids is 1. The van der Waals surface area contributed by atoms with Gasteiger partial charge < -0.3 is 10.4 Å². The predicted octanol–water partition coefficient (Wildman–Crippen LogP) is 0.588. The maximum Gasteiger partial charge on any atom is 0.308 e. The number of carbonyl (C=O) groups is 2. The van der Waals surface area contributed by atoms with Gasteiger partial charge in [-0.2, -0.15) is 0 Å². The van der Waals surface area contributed by atoms with Gasteiger partial charge in [-0.1, -0.05) is 17.8 Å². The molecule has 1 aromatic heterocycles. The van der Waals surface area contributed by atoms with E-state index in [1.54, 1.807) is 12.3 Å². The van der Waals surface area contributed by atoms with E-state index >= 15 is 0 Å². The van der Waals surface area contributed by atoms with Crippen LogP contribution in [0.25, 0.3) is 0 Å². The highest BCUT2D eigenvalue weighted by atomic mass is 32.1. The van der Waals surface area contributed by atoms with Crippen LogP contribution in [0.2, 0.25) is 0 Å². The van der Waals surface area contributed by atoms with Crippen molar-refractivity contribution < 1.29 is 14.7 Å². The summed E-state index contributed by atoms with van der Waals surface area (Å²) in [5.41, 5.74) is 0.742. The quantitative estimate of drug-likeness (QED) is 0.847. The summed E-state index contributed by atoms with van der Waals surface area (Å²) in [4.78, 5) is 34.2. The lowest BCUT2D eigenvalue weighted by molar-refractivity contribution is -0.142. The van der Waals surface area contributed by atoms with Crippen LogP contribution in [0.5, 0.6) is 0 Å². The number of nitrogens with zero attached hydrogens (tertiary/aromatic N) is 1. The van der Waals surface area contributed by atoms with Crippen molar-refractivity contribution in [2.45, 2.75) is 38.8 Å². The Labute approximate surface area is 114 Å². The third-order valence-corrected chi connectivity index (χ3v) is 4.34. The molecule has 1 aliphatic rings. The molecule has 7 heteroatoms. The SMILES string of the molecule is Cc1csc(=O)n1CC(=O)NC1CCCC1C(=O)O. The summed E-state index contributed by atoms with van der Waals surface area (Å²) in [5, 5.41) is 13.5. The molecule has 1 fully saturated rings. The number of hydrogen-bond donors (Lipinski definition) is 2. The third kappa shape index (κ3) is 3.04. The van der Waals surface area contributed by atoms with Crippen molar-refractivity contribution in [1.29, 1.82) is 0 Å². The molecular weight excluding hydrogens is 268 g/mol. The van der Waals surface area contributed by atoms with E-state index < -0.39 is 11.9 Å². The van der Waals surface area contributed by atoms with Crippen LogP contribution in [0, 0.1) is 12.8 Å². The fraction of sp³-hybridized carbons (Fsp3) is 0.583. The number of rotatable bonds is 4. The first-order valence-corrected chi connectivity index (χ1v) is 7.04. The van der Waals surface area contributed by atoms with E-state index in [-0.39, 0.29) is 23.4 Å². The Morgan fingerprint density at radius 3 is 2.84 bits per heavy atom. The van der Waals surface area contributed by atoms with E-state index in [0.717, 1.165) is 23.5 Å². The first-order chi connectivity index (χ1) is 8.99. The monoisotopic (exact) mass is 284 g/mol. The normalized spacial score (nSPS) is 22.4. The largest absolute Gasteiger partial charge is 0.481 e. The fourth-order valence-corrected chi connectivity index (χ4v) is 3.15. The fourth-order valence-electron chi connectivity index (χ4n) is 2.42. The number of aryl methyl sites for hydroxylation is 1. The van der Waals surface area contributed by atoms with E-state index in [1.807, 2.05) is 0 Å². The molecule has 104 valence electrons. The molecule has 2 unspecified atom stereocenters. The number of amides is 1. The number of hydrogen-bond acceptors (Lipinski definition) is 4. The van der Waals surface area contributed by atoms with Crippen LogP contribution in [0.3, 0.4) is 0 Å². The molecule has 6 nitrogen and oxygen atoms in total. The molecule has 0 aliphatic heterocycles. The smallest absolute Gasteiger partial charge is 0.308 e. The minimum atomic E-state index is -0.869. The summed E-state index contributed by atoms with van der Waals surface area (Å²) in [6.07, 6.45) is 2.08. The van der Waals surface area contributed by atoms with Gasteiger partial charge in [0.2, 0.25) is 5.91 Å². The van der Waals surface area contributed by atoms with Crippen LogP contribution in [-0.4, -0.2) is 27.6 Å². The van der Waals surface area contributed by atoms with Crippen molar-refractivity contribution in [2.24, 2.45) is 5.92 Å². The van der Waals surface area contributed by atoms with Crippen LogP contribution < -0.4 is 10.2 Å². The second-order valence-corrected chi connectivity index (χ2v) is 5.60. The Bertz CT molecular complexity index is 548. The van der Waals surface area contributed by atoms with E-state index in [1.165, 1.54) is 4.57 Å². The molecule has 0 radical (unpaired) electrons. The average molecular weight is 284 g/mol. The molecule has 2 rings (SSSR count). The molecule has 0 spiro atoms. The zero-order chi connectivity index (χ0) is 14.0. The summed E-state index contributed by atoms with van der Waals surface area (Å²) < 4.78 is 1.39. The first-order valence-electron chi connectivity index (χ1n) is 6.16. The lowest BCUT2D eigenvalue weighted by Gasteiger charge is -2.17. The van der Waals surface area contributed by atoms with Crippen LogP contribution in [0.15, 0.2) is 10.2 Å². The van der Waals surface area contributed by atoms with Gasteiger partial charge in [-0.3, -0.25) is 19.0 Å². The highest BCUT2D eigenvalue weighted by Crippen LogP contribution is 2.25. The Hall–Kier alpha value is -1.63. The molecule has 0 aromatic carbocycles. The van der Waals surface area contributed by atoms with E-state index in [0.29, 0.717) is 12.8 Å². The van der Waals surface area contributed by atoms with Gasteiger partial charge in [0.1, 0.15) is 6.54 Å². The number of aromatic nitrogens is 1. The van der Waals surface area contributed by atoms with Gasteiger partial charge in [0.25, 0.3) is 0 Å². The molecule has 1 aromatic rings. The molecule has 1 saturated carbocycles. The molecule has 1 heterocycles. The number of nitrogens with one attached hydrogen (secondary N) is 1. The minimum absolute atomic E-state index is 0.0446. The predicted molar refractivity (Wildman–Crippen MR) is 70.2 cm³/mol. The maximum absolute atomic E-state index is 11.9. The summed E-state index contributed by atoms with van der Waals surface area (Å²) in [6, 6.07) is -0.320. The van der Waals surface area contributed by atoms with Crippen molar-refractivity contribution in [1.82, 2.24) is 9.88 Å². The summed E-state index contributed by atoms with van der Waals surface area (Å²) >= 11 is 1.05. The molecule has 0 bridgehead atoms. The summed E-state index contributed by atoms with van der Waals surface area (Å²) in [5.74, 6) is -1.68. The summed E-state index contributed by atoms with van der Waals surface area (Å²) in [7, 11) is 0. The maximum atomic E-state index is 11.9. The van der Waals surface area contributed by atoms with Crippen molar-refractivity contribution in [3.8, 4) is 0 Å². The number of carboxylic acids is 1. The number of carbonyl (C=O) groups excluding carboxylic acids is 1. The van der Waals surface area contributed by atoms with E-state index in [2.05, 4.69) is 5.32 Å². The van der Waals surface area contributed by atoms with Gasteiger partial charge in [-0.25, -0.2) is 0 Å². The highest BCUT2D eigenvalue weighted by Gasteiger charge is 2.33. The molecular formula is C12H16N2O4S. The van der Waals surface area contributed by atoms with Crippen molar-refractivity contribution in [3.05, 3.63) is 20.7 Å². The van der Waals surface area contributed by atoms with Crippen molar-refractivity contribution >= 4 is 23.2 Å². The first kappa shape index (κ1) is 13.8. The summed E-state index contributed by atoms with van der Waals surface area (Å²) in [6.45, 7) is 1.72. The van der Waals surface area contributed by atoms with Gasteiger partial charge in [-0.15, -0.1) is 0 Å². The highest BCUT2D eigenvalue weighted by molar-refractivity contribution is 7.07. The zero-order valence-electron chi connectivity index (χ0n) is 10.6. The second-order valence-electron chi connectivity index (χ2n) is 4.78. The molecule has 1 aliphatic carbocycles. The minimum Gasteiger partial charge on any atom is -0.481 e. The van der Waals surface area contributed by atoms with Crippen LogP contribution in [-0.2, 0) is 16.1 Å². The molecule has 19 heavy (non-hydrogen) atoms. The molecule has 0 saturated heterocycles. The van der Waals surface area contributed by atoms with Gasteiger partial charge >= 0.3 is 10.8 Å². The van der Waals surface area contributed by atoms with Gasteiger partial charge in [0.05, 0.1) is 5.92 Å². The van der Waals surface area contributed by atoms with Crippen molar-refractivity contribution in [2.75, 3.05) is 0 Å². The van der Waals surface area contributed by atoms with E-state index in [4.69, 9.17) is 5.11 Å². The Kier molecular flexibility index (Phi) is 4.04. The topological polar surface area (TPSA) is 88.4 Å². The molecule has 2 N–H and O–H groups in total. The van der Waals surface area contributed by atoms with E-state index in [9.17, 15) is 14.4 Å². The van der Waals surface area contributed by atoms with Crippen molar-refractivity contribution in [3.63, 3.8) is 0 Å².